The predicted molar refractivity (Wildman–Crippen MR) is 87.6 cm³/mol. The average molecular weight is 262 g/mol. The molecule has 2 aromatic carbocycles. The fourth-order valence-electron chi connectivity index (χ4n) is 3.10. The lowest BCUT2D eigenvalue weighted by Gasteiger charge is -2.18. The van der Waals surface area contributed by atoms with Crippen molar-refractivity contribution in [1.29, 1.82) is 0 Å². The minimum absolute atomic E-state index is 0.362. The minimum atomic E-state index is 0.362. The highest BCUT2D eigenvalue weighted by Crippen LogP contribution is 2.37. The van der Waals surface area contributed by atoms with Crippen LogP contribution in [0.5, 0.6) is 0 Å². The molecule has 1 aliphatic carbocycles. The van der Waals surface area contributed by atoms with Crippen LogP contribution in [0.25, 0.3) is 17.2 Å². The number of rotatable bonds is 2. The predicted octanol–water partition coefficient (Wildman–Crippen LogP) is 5.73. The molecule has 0 spiro atoms. The zero-order chi connectivity index (χ0) is 14.2. The van der Waals surface area contributed by atoms with Crippen LogP contribution < -0.4 is 0 Å². The Morgan fingerprint density at radius 1 is 0.900 bits per heavy atom. The monoisotopic (exact) mass is 262 g/mol. The summed E-state index contributed by atoms with van der Waals surface area (Å²) in [5, 5.41) is 0. The normalized spacial score (nSPS) is 14.1. The number of fused-ring (bicyclic) bond motifs is 1. The molecule has 0 radical (unpaired) electrons. The standard InChI is InChI=1S/C20H22/c1-20(2,3)14-15-12-17-10-7-11-18(19(17)13-15)16-8-5-4-6-9-16/h4-11,13H,12,14H2,1-3H3. The van der Waals surface area contributed by atoms with Crippen LogP contribution in [0.2, 0.25) is 0 Å². The fraction of sp³-hybridized carbons (Fsp3) is 0.300. The van der Waals surface area contributed by atoms with Crippen LogP contribution in [-0.2, 0) is 6.42 Å². The molecule has 0 fully saturated rings. The van der Waals surface area contributed by atoms with E-state index < -0.39 is 0 Å². The topological polar surface area (TPSA) is 0 Å². The first-order chi connectivity index (χ1) is 9.53. The van der Waals surface area contributed by atoms with Crippen molar-refractivity contribution in [2.45, 2.75) is 33.6 Å². The number of allylic oxidation sites excluding steroid dienone is 1. The lowest BCUT2D eigenvalue weighted by molar-refractivity contribution is 0.408. The summed E-state index contributed by atoms with van der Waals surface area (Å²) in [6.07, 6.45) is 4.71. The summed E-state index contributed by atoms with van der Waals surface area (Å²) in [6, 6.07) is 17.4. The second kappa shape index (κ2) is 4.94. The first kappa shape index (κ1) is 13.2. The molecule has 0 atom stereocenters. The SMILES string of the molecule is CC(C)(C)CC1=Cc2c(cccc2-c2ccccc2)C1. The first-order valence-corrected chi connectivity index (χ1v) is 7.40. The van der Waals surface area contributed by atoms with E-state index in [9.17, 15) is 0 Å². The van der Waals surface area contributed by atoms with Crippen molar-refractivity contribution in [1.82, 2.24) is 0 Å². The summed E-state index contributed by atoms with van der Waals surface area (Å²) < 4.78 is 0. The Morgan fingerprint density at radius 3 is 2.35 bits per heavy atom. The van der Waals surface area contributed by atoms with E-state index in [1.54, 1.807) is 5.57 Å². The highest BCUT2D eigenvalue weighted by Gasteiger charge is 2.20. The van der Waals surface area contributed by atoms with E-state index in [1.807, 2.05) is 0 Å². The molecular formula is C20H22. The van der Waals surface area contributed by atoms with Crippen LogP contribution in [0.3, 0.4) is 0 Å². The van der Waals surface area contributed by atoms with Crippen molar-refractivity contribution in [2.75, 3.05) is 0 Å². The highest BCUT2D eigenvalue weighted by atomic mass is 14.2. The Balaban J connectivity index is 2.00. The van der Waals surface area contributed by atoms with Gasteiger partial charge < -0.3 is 0 Å². The van der Waals surface area contributed by atoms with Crippen molar-refractivity contribution < 1.29 is 0 Å². The molecule has 0 N–H and O–H groups in total. The summed E-state index contributed by atoms with van der Waals surface area (Å²) in [5.74, 6) is 0. The molecule has 2 aromatic rings. The lowest BCUT2D eigenvalue weighted by atomic mass is 9.87. The third-order valence-electron chi connectivity index (χ3n) is 3.80. The van der Waals surface area contributed by atoms with Gasteiger partial charge in [0.15, 0.2) is 0 Å². The second-order valence-corrected chi connectivity index (χ2v) is 6.96. The molecular weight excluding hydrogens is 240 g/mol. The second-order valence-electron chi connectivity index (χ2n) is 6.96. The quantitative estimate of drug-likeness (QED) is 0.648. The van der Waals surface area contributed by atoms with Crippen molar-refractivity contribution in [3.8, 4) is 11.1 Å². The fourth-order valence-corrected chi connectivity index (χ4v) is 3.10. The van der Waals surface area contributed by atoms with Gasteiger partial charge in [0, 0.05) is 0 Å². The molecule has 1 aliphatic rings. The molecule has 0 saturated heterocycles. The van der Waals surface area contributed by atoms with Crippen molar-refractivity contribution in [3.63, 3.8) is 0 Å². The van der Waals surface area contributed by atoms with Crippen LogP contribution in [0.4, 0.5) is 0 Å². The molecule has 0 nitrogen and oxygen atoms in total. The maximum absolute atomic E-state index is 2.42. The Kier molecular flexibility index (Phi) is 3.25. The molecule has 20 heavy (non-hydrogen) atoms. The van der Waals surface area contributed by atoms with Crippen molar-refractivity contribution in [2.24, 2.45) is 5.41 Å². The molecule has 0 bridgehead atoms. The highest BCUT2D eigenvalue weighted by molar-refractivity contribution is 5.80. The maximum atomic E-state index is 2.42. The molecule has 0 unspecified atom stereocenters. The molecule has 0 heterocycles. The van der Waals surface area contributed by atoms with Gasteiger partial charge in [0.25, 0.3) is 0 Å². The van der Waals surface area contributed by atoms with Crippen LogP contribution in [0.1, 0.15) is 38.3 Å². The zero-order valence-corrected chi connectivity index (χ0v) is 12.6. The van der Waals surface area contributed by atoms with Crippen LogP contribution in [0, 0.1) is 5.41 Å². The van der Waals surface area contributed by atoms with Gasteiger partial charge in [-0.15, -0.1) is 0 Å². The minimum Gasteiger partial charge on any atom is -0.0647 e. The summed E-state index contributed by atoms with van der Waals surface area (Å²) in [7, 11) is 0. The van der Waals surface area contributed by atoms with Gasteiger partial charge in [-0.1, -0.05) is 81.0 Å². The van der Waals surface area contributed by atoms with Gasteiger partial charge in [-0.3, -0.25) is 0 Å². The maximum Gasteiger partial charge on any atom is -0.00574 e. The van der Waals surface area contributed by atoms with E-state index in [1.165, 1.54) is 28.7 Å². The number of hydrogen-bond acceptors (Lipinski definition) is 0. The smallest absolute Gasteiger partial charge is 0.00574 e. The molecule has 3 rings (SSSR count). The summed E-state index contributed by atoms with van der Waals surface area (Å²) in [5.41, 5.74) is 7.52. The van der Waals surface area contributed by atoms with Crippen molar-refractivity contribution >= 4 is 6.08 Å². The number of hydrogen-bond donors (Lipinski definition) is 0. The third kappa shape index (κ3) is 2.70. The Morgan fingerprint density at radius 2 is 1.65 bits per heavy atom. The average Bonchev–Trinajstić information content (AvgIpc) is 2.79. The molecule has 0 saturated carbocycles. The van der Waals surface area contributed by atoms with Gasteiger partial charge in [0.2, 0.25) is 0 Å². The lowest BCUT2D eigenvalue weighted by Crippen LogP contribution is -2.06. The van der Waals surface area contributed by atoms with Gasteiger partial charge in [-0.25, -0.2) is 0 Å². The van der Waals surface area contributed by atoms with E-state index in [2.05, 4.69) is 75.4 Å². The van der Waals surface area contributed by atoms with Gasteiger partial charge in [-0.2, -0.15) is 0 Å². The zero-order valence-electron chi connectivity index (χ0n) is 12.6. The Bertz CT molecular complexity index is 639. The van der Waals surface area contributed by atoms with Gasteiger partial charge >= 0.3 is 0 Å². The van der Waals surface area contributed by atoms with E-state index in [-0.39, 0.29) is 0 Å². The van der Waals surface area contributed by atoms with Gasteiger partial charge in [-0.05, 0) is 40.5 Å². The summed E-state index contributed by atoms with van der Waals surface area (Å²) in [4.78, 5) is 0. The van der Waals surface area contributed by atoms with E-state index >= 15 is 0 Å². The van der Waals surface area contributed by atoms with Gasteiger partial charge in [0.1, 0.15) is 0 Å². The summed E-state index contributed by atoms with van der Waals surface area (Å²) in [6.45, 7) is 6.94. The van der Waals surface area contributed by atoms with Crippen molar-refractivity contribution in [3.05, 3.63) is 65.2 Å². The molecule has 0 heteroatoms. The third-order valence-corrected chi connectivity index (χ3v) is 3.80. The Hall–Kier alpha value is -1.82. The summed E-state index contributed by atoms with van der Waals surface area (Å²) >= 11 is 0. The van der Waals surface area contributed by atoms with Crippen LogP contribution in [-0.4, -0.2) is 0 Å². The molecule has 0 aliphatic heterocycles. The molecule has 0 aromatic heterocycles. The molecule has 0 amide bonds. The van der Waals surface area contributed by atoms with E-state index in [4.69, 9.17) is 0 Å². The van der Waals surface area contributed by atoms with Crippen LogP contribution in [0.15, 0.2) is 54.1 Å². The Labute approximate surface area is 122 Å². The van der Waals surface area contributed by atoms with Gasteiger partial charge in [0.05, 0.1) is 0 Å². The van der Waals surface area contributed by atoms with E-state index in [0.29, 0.717) is 5.41 Å². The van der Waals surface area contributed by atoms with Crippen LogP contribution >= 0.6 is 0 Å². The first-order valence-electron chi connectivity index (χ1n) is 7.40. The largest absolute Gasteiger partial charge is 0.0647 e. The molecule has 102 valence electrons. The van der Waals surface area contributed by atoms with E-state index in [0.717, 1.165) is 6.42 Å². The number of benzene rings is 2.